The van der Waals surface area contributed by atoms with Crippen molar-refractivity contribution in [2.45, 2.75) is 20.4 Å². The Morgan fingerprint density at radius 1 is 1.00 bits per heavy atom. The van der Waals surface area contributed by atoms with Crippen molar-refractivity contribution in [3.8, 4) is 5.69 Å². The molecule has 1 aliphatic heterocycles. The van der Waals surface area contributed by atoms with Gasteiger partial charge in [-0.15, -0.1) is 0 Å². The molecule has 0 atom stereocenters. The summed E-state index contributed by atoms with van der Waals surface area (Å²) in [5.41, 5.74) is 3.79. The molecule has 8 nitrogen and oxygen atoms in total. The average Bonchev–Trinajstić information content (AvgIpc) is 3.07. The first-order chi connectivity index (χ1) is 15.8. The molecule has 33 heavy (non-hydrogen) atoms. The molecule has 1 aliphatic rings. The summed E-state index contributed by atoms with van der Waals surface area (Å²) in [6.07, 6.45) is 1.48. The van der Waals surface area contributed by atoms with Gasteiger partial charge in [-0.25, -0.2) is 9.59 Å². The summed E-state index contributed by atoms with van der Waals surface area (Å²) < 4.78 is 1.90. The normalized spacial score (nSPS) is 15.2. The zero-order valence-electron chi connectivity index (χ0n) is 18.0. The summed E-state index contributed by atoms with van der Waals surface area (Å²) in [5, 5.41) is 11.3. The molecule has 2 heterocycles. The van der Waals surface area contributed by atoms with E-state index in [0.717, 1.165) is 27.5 Å². The van der Waals surface area contributed by atoms with E-state index in [1.807, 2.05) is 30.5 Å². The lowest BCUT2D eigenvalue weighted by Gasteiger charge is -2.26. The highest BCUT2D eigenvalue weighted by Gasteiger charge is 2.35. The number of benzene rings is 2. The number of imide groups is 2. The van der Waals surface area contributed by atoms with E-state index in [2.05, 4.69) is 5.32 Å². The molecule has 8 heteroatoms. The van der Waals surface area contributed by atoms with E-state index in [1.165, 1.54) is 18.2 Å². The minimum absolute atomic E-state index is 0.0467. The lowest BCUT2D eigenvalue weighted by atomic mass is 10.1. The number of rotatable bonds is 5. The van der Waals surface area contributed by atoms with Crippen LogP contribution in [0.2, 0.25) is 0 Å². The van der Waals surface area contributed by atoms with Crippen LogP contribution in [0.3, 0.4) is 0 Å². The Morgan fingerprint density at radius 3 is 2.30 bits per heavy atom. The Morgan fingerprint density at radius 2 is 1.67 bits per heavy atom. The highest BCUT2D eigenvalue weighted by Crippen LogP contribution is 2.25. The molecule has 1 fully saturated rings. The van der Waals surface area contributed by atoms with Crippen LogP contribution in [-0.2, 0) is 16.1 Å². The van der Waals surface area contributed by atoms with Gasteiger partial charge in [-0.3, -0.25) is 19.8 Å². The molecular weight excluding hydrogens is 422 g/mol. The highest BCUT2D eigenvalue weighted by atomic mass is 16.4. The second-order valence-electron chi connectivity index (χ2n) is 7.71. The van der Waals surface area contributed by atoms with E-state index in [-0.39, 0.29) is 17.7 Å². The Labute approximate surface area is 189 Å². The summed E-state index contributed by atoms with van der Waals surface area (Å²) in [6, 6.07) is 16.5. The van der Waals surface area contributed by atoms with Gasteiger partial charge in [0.15, 0.2) is 0 Å². The van der Waals surface area contributed by atoms with Crippen LogP contribution in [0.15, 0.2) is 66.2 Å². The summed E-state index contributed by atoms with van der Waals surface area (Å²) in [5.74, 6) is -2.42. The lowest BCUT2D eigenvalue weighted by Crippen LogP contribution is -2.53. The topological polar surface area (TPSA) is 109 Å². The SMILES string of the molecule is Cc1cc(C=C2C(=O)NC(=O)N(Cc3ccccc3)C2=O)c(C)n1-c1ccc(C(=O)O)cc1. The largest absolute Gasteiger partial charge is 0.478 e. The van der Waals surface area contributed by atoms with Crippen molar-refractivity contribution in [3.05, 3.63) is 94.3 Å². The van der Waals surface area contributed by atoms with Gasteiger partial charge in [0.25, 0.3) is 11.8 Å². The number of carboxylic acid groups (broad SMARTS) is 1. The molecule has 1 aromatic heterocycles. The van der Waals surface area contributed by atoms with E-state index in [9.17, 15) is 19.2 Å². The minimum atomic E-state index is -1.01. The third kappa shape index (κ3) is 4.18. The number of carbonyl (C=O) groups is 4. The number of hydrogen-bond acceptors (Lipinski definition) is 4. The summed E-state index contributed by atoms with van der Waals surface area (Å²) in [4.78, 5) is 50.0. The molecule has 4 rings (SSSR count). The maximum atomic E-state index is 13.0. The Kier molecular flexibility index (Phi) is 5.66. The first-order valence-electron chi connectivity index (χ1n) is 10.2. The Hall–Kier alpha value is -4.46. The fourth-order valence-electron chi connectivity index (χ4n) is 3.84. The first kappa shape index (κ1) is 21.8. The van der Waals surface area contributed by atoms with Gasteiger partial charge in [0.2, 0.25) is 0 Å². The monoisotopic (exact) mass is 443 g/mol. The van der Waals surface area contributed by atoms with Crippen molar-refractivity contribution in [3.63, 3.8) is 0 Å². The van der Waals surface area contributed by atoms with Crippen LogP contribution < -0.4 is 5.32 Å². The van der Waals surface area contributed by atoms with Crippen LogP contribution >= 0.6 is 0 Å². The fraction of sp³-hybridized carbons (Fsp3) is 0.120. The van der Waals surface area contributed by atoms with Gasteiger partial charge in [-0.2, -0.15) is 0 Å². The third-order valence-corrected chi connectivity index (χ3v) is 5.51. The molecule has 166 valence electrons. The molecule has 0 saturated carbocycles. The highest BCUT2D eigenvalue weighted by molar-refractivity contribution is 6.31. The van der Waals surface area contributed by atoms with Crippen molar-refractivity contribution in [2.75, 3.05) is 0 Å². The summed E-state index contributed by atoms with van der Waals surface area (Å²) in [6.45, 7) is 3.75. The van der Waals surface area contributed by atoms with Crippen LogP contribution in [-0.4, -0.2) is 38.4 Å². The number of carbonyl (C=O) groups excluding carboxylic acids is 3. The second kappa shape index (κ2) is 8.58. The maximum absolute atomic E-state index is 13.0. The first-order valence-corrected chi connectivity index (χ1v) is 10.2. The summed E-state index contributed by atoms with van der Waals surface area (Å²) >= 11 is 0. The van der Waals surface area contributed by atoms with E-state index in [1.54, 1.807) is 36.4 Å². The number of carboxylic acids is 1. The molecule has 3 aromatic rings. The number of aromatic nitrogens is 1. The van der Waals surface area contributed by atoms with Gasteiger partial charge in [-0.05, 0) is 61.4 Å². The second-order valence-corrected chi connectivity index (χ2v) is 7.71. The number of hydrogen-bond donors (Lipinski definition) is 2. The molecule has 0 aliphatic carbocycles. The van der Waals surface area contributed by atoms with Crippen LogP contribution in [0.1, 0.15) is 32.9 Å². The quantitative estimate of drug-likeness (QED) is 0.464. The Balaban J connectivity index is 1.68. The molecule has 4 amide bonds. The van der Waals surface area contributed by atoms with Crippen molar-refractivity contribution in [1.82, 2.24) is 14.8 Å². The number of aromatic carboxylic acids is 1. The van der Waals surface area contributed by atoms with E-state index in [4.69, 9.17) is 5.11 Å². The maximum Gasteiger partial charge on any atom is 0.335 e. The molecule has 0 spiro atoms. The van der Waals surface area contributed by atoms with Gasteiger partial charge in [-0.1, -0.05) is 30.3 Å². The zero-order chi connectivity index (χ0) is 23.7. The molecule has 2 aromatic carbocycles. The van der Waals surface area contributed by atoms with Gasteiger partial charge in [0.1, 0.15) is 5.57 Å². The van der Waals surface area contributed by atoms with Crippen molar-refractivity contribution < 1.29 is 24.3 Å². The number of nitrogens with zero attached hydrogens (tertiary/aromatic N) is 2. The smallest absolute Gasteiger partial charge is 0.335 e. The van der Waals surface area contributed by atoms with Crippen molar-refractivity contribution in [1.29, 1.82) is 0 Å². The van der Waals surface area contributed by atoms with Crippen molar-refractivity contribution in [2.24, 2.45) is 0 Å². The standard InChI is InChI=1S/C25H21N3O5/c1-15-12-19(16(2)28(15)20-10-8-18(9-11-20)24(31)32)13-21-22(29)26-25(33)27(23(21)30)14-17-6-4-3-5-7-17/h3-13H,14H2,1-2H3,(H,31,32)(H,26,29,33). The molecule has 0 radical (unpaired) electrons. The predicted octanol–water partition coefficient (Wildman–Crippen LogP) is 3.45. The van der Waals surface area contributed by atoms with Crippen LogP contribution in [0.4, 0.5) is 4.79 Å². The molecular formula is C25H21N3O5. The molecule has 0 unspecified atom stereocenters. The van der Waals surface area contributed by atoms with E-state index < -0.39 is 23.8 Å². The number of barbiturate groups is 1. The number of amides is 4. The zero-order valence-corrected chi connectivity index (χ0v) is 18.0. The van der Waals surface area contributed by atoms with Crippen LogP contribution in [0.5, 0.6) is 0 Å². The third-order valence-electron chi connectivity index (χ3n) is 5.51. The number of aryl methyl sites for hydroxylation is 1. The van der Waals surface area contributed by atoms with Gasteiger partial charge in [0, 0.05) is 17.1 Å². The minimum Gasteiger partial charge on any atom is -0.478 e. The van der Waals surface area contributed by atoms with E-state index >= 15 is 0 Å². The van der Waals surface area contributed by atoms with Crippen LogP contribution in [0.25, 0.3) is 11.8 Å². The van der Waals surface area contributed by atoms with Gasteiger partial charge >= 0.3 is 12.0 Å². The molecule has 2 N–H and O–H groups in total. The van der Waals surface area contributed by atoms with Gasteiger partial charge < -0.3 is 9.67 Å². The average molecular weight is 443 g/mol. The number of nitrogens with one attached hydrogen (secondary N) is 1. The lowest BCUT2D eigenvalue weighted by molar-refractivity contribution is -0.130. The van der Waals surface area contributed by atoms with E-state index in [0.29, 0.717) is 5.56 Å². The fourth-order valence-corrected chi connectivity index (χ4v) is 3.84. The van der Waals surface area contributed by atoms with Crippen LogP contribution in [0, 0.1) is 13.8 Å². The Bertz CT molecular complexity index is 1300. The predicted molar refractivity (Wildman–Crippen MR) is 121 cm³/mol. The van der Waals surface area contributed by atoms with Gasteiger partial charge in [0.05, 0.1) is 12.1 Å². The number of urea groups is 1. The van der Waals surface area contributed by atoms with Crippen molar-refractivity contribution >= 4 is 29.9 Å². The molecule has 0 bridgehead atoms. The summed E-state index contributed by atoms with van der Waals surface area (Å²) in [7, 11) is 0. The molecule has 1 saturated heterocycles.